The van der Waals surface area contributed by atoms with Crippen LogP contribution in [0.1, 0.15) is 10.6 Å². The van der Waals surface area contributed by atoms with Gasteiger partial charge in [0.15, 0.2) is 11.6 Å². The molecule has 4 aromatic rings. The number of methoxy groups -OCH3 is 1. The number of amides is 1. The van der Waals surface area contributed by atoms with Crippen LogP contribution in [0.15, 0.2) is 64.6 Å². The van der Waals surface area contributed by atoms with Crippen LogP contribution in [0.4, 0.5) is 5.69 Å². The molecule has 0 bridgehead atoms. The van der Waals surface area contributed by atoms with Crippen LogP contribution in [0.3, 0.4) is 0 Å². The van der Waals surface area contributed by atoms with Gasteiger partial charge in [-0.15, -0.1) is 16.4 Å². The molecule has 3 aromatic heterocycles. The minimum Gasteiger partial charge on any atom is -0.460 e. The molecule has 0 saturated heterocycles. The first-order valence-corrected chi connectivity index (χ1v) is 9.70. The van der Waals surface area contributed by atoms with Crippen molar-refractivity contribution in [3.63, 3.8) is 0 Å². The van der Waals surface area contributed by atoms with Crippen molar-refractivity contribution in [1.82, 2.24) is 14.8 Å². The predicted octanol–water partition coefficient (Wildman–Crippen LogP) is 3.87. The third-order valence-electron chi connectivity index (χ3n) is 3.94. The summed E-state index contributed by atoms with van der Waals surface area (Å²) in [5.74, 6) is 0.569. The van der Waals surface area contributed by atoms with E-state index in [1.54, 1.807) is 41.3 Å². The van der Waals surface area contributed by atoms with E-state index in [-0.39, 0.29) is 17.7 Å². The molecule has 148 valence electrons. The molecule has 1 amide bonds. The Bertz CT molecular complexity index is 1070. The summed E-state index contributed by atoms with van der Waals surface area (Å²) in [6.07, 6.45) is 1.46. The highest BCUT2D eigenvalue weighted by Gasteiger charge is 2.16. The molecule has 0 fully saturated rings. The summed E-state index contributed by atoms with van der Waals surface area (Å²) in [6, 6.07) is 14.8. The van der Waals surface area contributed by atoms with Gasteiger partial charge in [0.05, 0.1) is 23.4 Å². The monoisotopic (exact) mass is 410 g/mol. The highest BCUT2D eigenvalue weighted by atomic mass is 32.1. The fraction of sp³-hybridized carbons (Fsp3) is 0.150. The Labute approximate surface area is 170 Å². The number of hydrogen-bond acceptors (Lipinski definition) is 7. The highest BCUT2D eigenvalue weighted by molar-refractivity contribution is 7.13. The van der Waals surface area contributed by atoms with Gasteiger partial charge in [-0.2, -0.15) is 4.98 Å². The molecule has 1 N–H and O–H groups in total. The number of furan rings is 1. The number of aromatic nitrogens is 3. The number of nitrogens with one attached hydrogen (secondary N) is 1. The Hall–Kier alpha value is -3.43. The maximum absolute atomic E-state index is 12.3. The molecule has 0 atom stereocenters. The van der Waals surface area contributed by atoms with Gasteiger partial charge in [0.2, 0.25) is 0 Å². The summed E-state index contributed by atoms with van der Waals surface area (Å²) < 4.78 is 17.4. The van der Waals surface area contributed by atoms with E-state index in [1.807, 2.05) is 35.7 Å². The molecule has 29 heavy (non-hydrogen) atoms. The summed E-state index contributed by atoms with van der Waals surface area (Å²) in [4.78, 5) is 17.7. The second-order valence-electron chi connectivity index (χ2n) is 5.93. The topological polar surface area (TPSA) is 91.4 Å². The summed E-state index contributed by atoms with van der Waals surface area (Å²) in [5.41, 5.74) is 1.35. The maximum Gasteiger partial charge on any atom is 0.336 e. The van der Waals surface area contributed by atoms with Crippen molar-refractivity contribution in [2.24, 2.45) is 0 Å². The average molecular weight is 410 g/mol. The van der Waals surface area contributed by atoms with Gasteiger partial charge in [0.1, 0.15) is 6.61 Å². The van der Waals surface area contributed by atoms with E-state index in [2.05, 4.69) is 15.4 Å². The van der Waals surface area contributed by atoms with Gasteiger partial charge in [-0.05, 0) is 41.8 Å². The Morgan fingerprint density at radius 1 is 1.21 bits per heavy atom. The number of ether oxygens (including phenoxy) is 2. The summed E-state index contributed by atoms with van der Waals surface area (Å²) in [6.45, 7) is 0.792. The second kappa shape index (κ2) is 8.72. The van der Waals surface area contributed by atoms with Crippen LogP contribution >= 0.6 is 11.3 Å². The average Bonchev–Trinajstić information content (AvgIpc) is 3.49. The molecular formula is C20H18N4O4S. The van der Waals surface area contributed by atoms with Gasteiger partial charge < -0.3 is 19.2 Å². The molecule has 9 heteroatoms. The Morgan fingerprint density at radius 2 is 2.14 bits per heavy atom. The summed E-state index contributed by atoms with van der Waals surface area (Å²) in [7, 11) is 1.61. The minimum absolute atomic E-state index is 0.240. The SMILES string of the molecule is COCCOc1nc(-c2cccs2)n(-c2cccc(NC(=O)c3ccco3)c2)n1. The lowest BCUT2D eigenvalue weighted by molar-refractivity contribution is 0.0996. The van der Waals surface area contributed by atoms with Crippen LogP contribution in [0, 0.1) is 0 Å². The van der Waals surface area contributed by atoms with Gasteiger partial charge in [0.25, 0.3) is 5.91 Å². The standard InChI is InChI=1S/C20H18N4O4S/c1-26-10-11-28-20-22-18(17-8-4-12-29-17)24(23-20)15-6-2-5-14(13-15)21-19(25)16-7-3-9-27-16/h2-9,12-13H,10-11H2,1H3,(H,21,25). The molecule has 1 aromatic carbocycles. The number of thiophene rings is 1. The first kappa shape index (κ1) is 18.9. The molecule has 3 heterocycles. The molecular weight excluding hydrogens is 392 g/mol. The predicted molar refractivity (Wildman–Crippen MR) is 109 cm³/mol. The quantitative estimate of drug-likeness (QED) is 0.444. The van der Waals surface area contributed by atoms with Crippen molar-refractivity contribution < 1.29 is 18.7 Å². The molecule has 4 rings (SSSR count). The number of benzene rings is 1. The van der Waals surface area contributed by atoms with Gasteiger partial charge >= 0.3 is 6.01 Å². The lowest BCUT2D eigenvalue weighted by Crippen LogP contribution is -2.11. The number of anilines is 1. The molecule has 0 aliphatic heterocycles. The number of carbonyl (C=O) groups is 1. The first-order chi connectivity index (χ1) is 14.2. The lowest BCUT2D eigenvalue weighted by atomic mass is 10.2. The van der Waals surface area contributed by atoms with Crippen LogP contribution in [0.5, 0.6) is 6.01 Å². The lowest BCUT2D eigenvalue weighted by Gasteiger charge is -2.08. The first-order valence-electron chi connectivity index (χ1n) is 8.82. The van der Waals surface area contributed by atoms with Crippen molar-refractivity contribution in [1.29, 1.82) is 0 Å². The second-order valence-corrected chi connectivity index (χ2v) is 6.88. The fourth-order valence-electron chi connectivity index (χ4n) is 2.63. The zero-order chi connectivity index (χ0) is 20.1. The Morgan fingerprint density at radius 3 is 2.90 bits per heavy atom. The van der Waals surface area contributed by atoms with E-state index in [1.165, 1.54) is 6.26 Å². The van der Waals surface area contributed by atoms with Crippen LogP contribution in [-0.4, -0.2) is 41.0 Å². The minimum atomic E-state index is -0.326. The Kier molecular flexibility index (Phi) is 5.68. The third-order valence-corrected chi connectivity index (χ3v) is 4.81. The summed E-state index contributed by atoms with van der Waals surface area (Å²) in [5, 5.41) is 9.27. The van der Waals surface area contributed by atoms with Crippen molar-refractivity contribution >= 4 is 22.9 Å². The number of carbonyl (C=O) groups excluding carboxylic acids is 1. The molecule has 0 aliphatic rings. The van der Waals surface area contributed by atoms with Crippen LogP contribution in [-0.2, 0) is 4.74 Å². The van der Waals surface area contributed by atoms with E-state index in [0.717, 1.165) is 10.6 Å². The number of rotatable bonds is 8. The van der Waals surface area contributed by atoms with Gasteiger partial charge in [-0.1, -0.05) is 12.1 Å². The molecule has 8 nitrogen and oxygen atoms in total. The van der Waals surface area contributed by atoms with Crippen molar-refractivity contribution in [2.45, 2.75) is 0 Å². The molecule has 0 spiro atoms. The van der Waals surface area contributed by atoms with E-state index in [0.29, 0.717) is 24.7 Å². The van der Waals surface area contributed by atoms with Crippen molar-refractivity contribution in [3.05, 3.63) is 65.9 Å². The van der Waals surface area contributed by atoms with Gasteiger partial charge in [-0.3, -0.25) is 4.79 Å². The van der Waals surface area contributed by atoms with E-state index in [4.69, 9.17) is 13.9 Å². The molecule has 0 aliphatic carbocycles. The normalized spacial score (nSPS) is 10.8. The van der Waals surface area contributed by atoms with E-state index >= 15 is 0 Å². The molecule has 0 radical (unpaired) electrons. The van der Waals surface area contributed by atoms with Crippen molar-refractivity contribution in [2.75, 3.05) is 25.6 Å². The fourth-order valence-corrected chi connectivity index (χ4v) is 3.33. The van der Waals surface area contributed by atoms with E-state index < -0.39 is 0 Å². The zero-order valence-corrected chi connectivity index (χ0v) is 16.4. The van der Waals surface area contributed by atoms with E-state index in [9.17, 15) is 4.79 Å². The number of nitrogens with zero attached hydrogens (tertiary/aromatic N) is 3. The highest BCUT2D eigenvalue weighted by Crippen LogP contribution is 2.28. The zero-order valence-electron chi connectivity index (χ0n) is 15.6. The smallest absolute Gasteiger partial charge is 0.336 e. The third kappa shape index (κ3) is 4.36. The van der Waals surface area contributed by atoms with Crippen LogP contribution < -0.4 is 10.1 Å². The van der Waals surface area contributed by atoms with Gasteiger partial charge in [0, 0.05) is 12.8 Å². The van der Waals surface area contributed by atoms with Gasteiger partial charge in [-0.25, -0.2) is 4.68 Å². The Balaban J connectivity index is 1.64. The van der Waals surface area contributed by atoms with Crippen LogP contribution in [0.25, 0.3) is 16.4 Å². The molecule has 0 saturated carbocycles. The number of hydrogen-bond donors (Lipinski definition) is 1. The van der Waals surface area contributed by atoms with Crippen LogP contribution in [0.2, 0.25) is 0 Å². The largest absolute Gasteiger partial charge is 0.460 e. The maximum atomic E-state index is 12.3. The van der Waals surface area contributed by atoms with Crippen molar-refractivity contribution in [3.8, 4) is 22.4 Å². The molecule has 0 unspecified atom stereocenters. The summed E-state index contributed by atoms with van der Waals surface area (Å²) >= 11 is 1.55.